The maximum Gasteiger partial charge on any atom is 0.267 e. The normalized spacial score (nSPS) is 15.0. The van der Waals surface area contributed by atoms with Crippen molar-refractivity contribution in [1.29, 1.82) is 0 Å². The van der Waals surface area contributed by atoms with Crippen molar-refractivity contribution in [1.82, 2.24) is 4.31 Å². The van der Waals surface area contributed by atoms with E-state index in [-0.39, 0.29) is 28.7 Å². The lowest BCUT2D eigenvalue weighted by Gasteiger charge is -2.35. The molecule has 2 aromatic carbocycles. The van der Waals surface area contributed by atoms with E-state index >= 15 is 0 Å². The Kier molecular flexibility index (Phi) is 6.59. The number of hydrogen-bond donors (Lipinski definition) is 1. The Morgan fingerprint density at radius 1 is 1.03 bits per heavy atom. The molecule has 2 heterocycles. The second-order valence-electron chi connectivity index (χ2n) is 7.46. The second-order valence-corrected chi connectivity index (χ2v) is 10.3. The molecule has 1 saturated heterocycles. The molecule has 1 fully saturated rings. The van der Waals surface area contributed by atoms with E-state index in [1.165, 1.54) is 16.4 Å². The van der Waals surface area contributed by atoms with Gasteiger partial charge in [-0.15, -0.1) is 11.3 Å². The number of anilines is 2. The topological polar surface area (TPSA) is 69.7 Å². The van der Waals surface area contributed by atoms with Gasteiger partial charge in [-0.2, -0.15) is 4.31 Å². The third kappa shape index (κ3) is 4.55. The van der Waals surface area contributed by atoms with Crippen LogP contribution in [-0.2, 0) is 16.4 Å². The molecule has 6 nitrogen and oxygen atoms in total. The molecule has 0 aliphatic carbocycles. The molecule has 0 spiro atoms. The number of rotatable bonds is 6. The van der Waals surface area contributed by atoms with Crippen LogP contribution in [0.5, 0.6) is 0 Å². The molecule has 168 valence electrons. The summed E-state index contributed by atoms with van der Waals surface area (Å²) in [5.41, 5.74) is 2.23. The zero-order valence-corrected chi connectivity index (χ0v) is 19.3. The first-order valence-corrected chi connectivity index (χ1v) is 12.7. The van der Waals surface area contributed by atoms with E-state index in [4.69, 9.17) is 0 Å². The number of carbonyl (C=O) groups is 1. The molecule has 4 rings (SSSR count). The van der Waals surface area contributed by atoms with Crippen molar-refractivity contribution in [3.63, 3.8) is 0 Å². The number of aryl methyl sites for hydroxylation is 1. The van der Waals surface area contributed by atoms with Gasteiger partial charge in [0, 0.05) is 31.9 Å². The molecule has 0 unspecified atom stereocenters. The van der Waals surface area contributed by atoms with Gasteiger partial charge in [0.1, 0.15) is 15.6 Å². The molecule has 1 aliphatic heterocycles. The number of amides is 1. The number of thiophene rings is 1. The van der Waals surface area contributed by atoms with Gasteiger partial charge in [-0.1, -0.05) is 31.2 Å². The van der Waals surface area contributed by atoms with Gasteiger partial charge in [-0.3, -0.25) is 4.79 Å². The Balaban J connectivity index is 1.47. The quantitative estimate of drug-likeness (QED) is 0.582. The van der Waals surface area contributed by atoms with Crippen LogP contribution in [0.25, 0.3) is 0 Å². The number of para-hydroxylation sites is 1. The van der Waals surface area contributed by atoms with Gasteiger partial charge in [-0.05, 0) is 47.7 Å². The fourth-order valence-corrected chi connectivity index (χ4v) is 6.41. The SMILES string of the molecule is CCc1ccc(NC(=O)c2sccc2S(=O)(=O)N2CCN(c3ccccc3F)CC2)cc1. The van der Waals surface area contributed by atoms with Gasteiger partial charge in [0.05, 0.1) is 5.69 Å². The maximum atomic E-state index is 14.1. The summed E-state index contributed by atoms with van der Waals surface area (Å²) in [6, 6.07) is 15.4. The van der Waals surface area contributed by atoms with Gasteiger partial charge in [-0.25, -0.2) is 12.8 Å². The van der Waals surface area contributed by atoms with E-state index in [1.807, 2.05) is 24.0 Å². The highest BCUT2D eigenvalue weighted by Crippen LogP contribution is 2.28. The smallest absolute Gasteiger partial charge is 0.267 e. The minimum Gasteiger partial charge on any atom is -0.367 e. The summed E-state index contributed by atoms with van der Waals surface area (Å²) in [6.07, 6.45) is 0.895. The average molecular weight is 474 g/mol. The summed E-state index contributed by atoms with van der Waals surface area (Å²) in [7, 11) is -3.85. The van der Waals surface area contributed by atoms with Gasteiger partial charge in [0.2, 0.25) is 10.0 Å². The molecule has 0 atom stereocenters. The Morgan fingerprint density at radius 3 is 2.38 bits per heavy atom. The Bertz CT molecular complexity index is 1200. The van der Waals surface area contributed by atoms with Crippen molar-refractivity contribution in [3.05, 3.63) is 76.2 Å². The number of nitrogens with one attached hydrogen (secondary N) is 1. The number of carbonyl (C=O) groups excluding carboxylic acids is 1. The van der Waals surface area contributed by atoms with Gasteiger partial charge in [0.25, 0.3) is 5.91 Å². The zero-order valence-electron chi connectivity index (χ0n) is 17.6. The Morgan fingerprint density at radius 2 is 1.72 bits per heavy atom. The average Bonchev–Trinajstić information content (AvgIpc) is 3.31. The number of nitrogens with zero attached hydrogens (tertiary/aromatic N) is 2. The second kappa shape index (κ2) is 9.40. The molecule has 1 aliphatic rings. The summed E-state index contributed by atoms with van der Waals surface area (Å²) in [5.74, 6) is -0.777. The molecule has 1 N–H and O–H groups in total. The minimum absolute atomic E-state index is 0.00419. The van der Waals surface area contributed by atoms with Crippen LogP contribution >= 0.6 is 11.3 Å². The van der Waals surface area contributed by atoms with Crippen LogP contribution in [0.4, 0.5) is 15.8 Å². The molecule has 1 amide bonds. The van der Waals surface area contributed by atoms with Crippen molar-refractivity contribution in [3.8, 4) is 0 Å². The maximum absolute atomic E-state index is 14.1. The third-order valence-electron chi connectivity index (χ3n) is 5.50. The van der Waals surface area contributed by atoms with Crippen molar-refractivity contribution >= 4 is 38.6 Å². The number of halogens is 1. The van der Waals surface area contributed by atoms with Crippen LogP contribution in [0.2, 0.25) is 0 Å². The molecule has 0 saturated carbocycles. The highest BCUT2D eigenvalue weighted by atomic mass is 32.2. The fraction of sp³-hybridized carbons (Fsp3) is 0.261. The number of sulfonamides is 1. The van der Waals surface area contributed by atoms with Crippen molar-refractivity contribution in [2.24, 2.45) is 0 Å². The van der Waals surface area contributed by atoms with Crippen LogP contribution < -0.4 is 10.2 Å². The summed E-state index contributed by atoms with van der Waals surface area (Å²) < 4.78 is 42.0. The standard InChI is InChI=1S/C23H24FN3O3S2/c1-2-17-7-9-18(10-8-17)25-23(28)22-21(11-16-31-22)32(29,30)27-14-12-26(13-15-27)20-6-4-3-5-19(20)24/h3-11,16H,2,12-15H2,1H3,(H,25,28). The molecule has 1 aromatic heterocycles. The van der Waals surface area contributed by atoms with E-state index < -0.39 is 15.9 Å². The lowest BCUT2D eigenvalue weighted by Crippen LogP contribution is -2.49. The van der Waals surface area contributed by atoms with Crippen molar-refractivity contribution < 1.29 is 17.6 Å². The first-order chi connectivity index (χ1) is 15.4. The number of piperazine rings is 1. The van der Waals surface area contributed by atoms with Gasteiger partial charge in [0.15, 0.2) is 0 Å². The van der Waals surface area contributed by atoms with E-state index in [0.717, 1.165) is 23.3 Å². The summed E-state index contributed by atoms with van der Waals surface area (Å²) >= 11 is 1.10. The monoisotopic (exact) mass is 473 g/mol. The van der Waals surface area contributed by atoms with E-state index in [9.17, 15) is 17.6 Å². The number of hydrogen-bond acceptors (Lipinski definition) is 5. The molecule has 32 heavy (non-hydrogen) atoms. The highest BCUT2D eigenvalue weighted by Gasteiger charge is 2.33. The zero-order chi connectivity index (χ0) is 22.7. The number of benzene rings is 2. The summed E-state index contributed by atoms with van der Waals surface area (Å²) in [5, 5.41) is 4.39. The van der Waals surface area contributed by atoms with Crippen LogP contribution in [-0.4, -0.2) is 44.8 Å². The van der Waals surface area contributed by atoms with E-state index in [1.54, 1.807) is 35.7 Å². The summed E-state index contributed by atoms with van der Waals surface area (Å²) in [6.45, 7) is 3.22. The van der Waals surface area contributed by atoms with Crippen LogP contribution in [0.15, 0.2) is 64.9 Å². The predicted molar refractivity (Wildman–Crippen MR) is 125 cm³/mol. The van der Waals surface area contributed by atoms with E-state index in [2.05, 4.69) is 5.32 Å². The van der Waals surface area contributed by atoms with E-state index in [0.29, 0.717) is 24.5 Å². The van der Waals surface area contributed by atoms with Crippen molar-refractivity contribution in [2.45, 2.75) is 18.2 Å². The molecular formula is C23H24FN3O3S2. The molecular weight excluding hydrogens is 449 g/mol. The molecule has 0 bridgehead atoms. The molecule has 3 aromatic rings. The van der Waals surface area contributed by atoms with Crippen molar-refractivity contribution in [2.75, 3.05) is 36.4 Å². The van der Waals surface area contributed by atoms with Gasteiger partial charge < -0.3 is 10.2 Å². The minimum atomic E-state index is -3.85. The molecule has 9 heteroatoms. The summed E-state index contributed by atoms with van der Waals surface area (Å²) in [4.78, 5) is 14.8. The Hall–Kier alpha value is -2.75. The first kappa shape index (κ1) is 22.4. The largest absolute Gasteiger partial charge is 0.367 e. The van der Waals surface area contributed by atoms with Crippen LogP contribution in [0.3, 0.4) is 0 Å². The predicted octanol–water partition coefficient (Wildman–Crippen LogP) is 4.21. The first-order valence-electron chi connectivity index (χ1n) is 10.4. The van der Waals surface area contributed by atoms with Crippen LogP contribution in [0.1, 0.15) is 22.2 Å². The van der Waals surface area contributed by atoms with Gasteiger partial charge >= 0.3 is 0 Å². The van der Waals surface area contributed by atoms with Crippen LogP contribution in [0, 0.1) is 5.82 Å². The molecule has 0 radical (unpaired) electrons. The lowest BCUT2D eigenvalue weighted by atomic mass is 10.1. The third-order valence-corrected chi connectivity index (χ3v) is 8.49. The fourth-order valence-electron chi connectivity index (χ4n) is 3.69. The highest BCUT2D eigenvalue weighted by molar-refractivity contribution is 7.89. The lowest BCUT2D eigenvalue weighted by molar-refractivity contribution is 0.102. The Labute approximate surface area is 191 Å².